The quantitative estimate of drug-likeness (QED) is 0.0339. The van der Waals surface area contributed by atoms with Crippen molar-refractivity contribution in [1.29, 1.82) is 0 Å². The van der Waals surface area contributed by atoms with Gasteiger partial charge in [0.1, 0.15) is 12.2 Å². The first-order valence-corrected chi connectivity index (χ1v) is 26.1. The maximum Gasteiger partial charge on any atom is 0.306 e. The molecule has 8 heteroatoms. The zero-order valence-corrected chi connectivity index (χ0v) is 40.1. The topological polar surface area (TPSA) is 105 Å². The Morgan fingerprint density at radius 3 is 0.867 bits per heavy atom. The van der Waals surface area contributed by atoms with Gasteiger partial charge in [-0.05, 0) is 89.9 Å². The number of rotatable bonds is 47. The molecule has 0 radical (unpaired) electrons. The summed E-state index contributed by atoms with van der Waals surface area (Å²) in [6, 6.07) is 0. The molecule has 0 rings (SSSR count). The summed E-state index contributed by atoms with van der Waals surface area (Å²) in [7, 11) is 0. The molecule has 8 nitrogen and oxygen atoms in total. The predicted octanol–water partition coefficient (Wildman–Crippen LogP) is 15.6. The molecule has 2 unspecified atom stereocenters. The maximum absolute atomic E-state index is 12.1. The van der Waals surface area contributed by atoms with Gasteiger partial charge in [0.2, 0.25) is 0 Å². The normalized spacial score (nSPS) is 12.3. The molecule has 2 atom stereocenters. The first kappa shape index (κ1) is 57.9. The minimum absolute atomic E-state index is 0.0385. The van der Waals surface area contributed by atoms with Gasteiger partial charge in [0.05, 0.1) is 13.2 Å². The molecule has 0 spiro atoms. The molecule has 0 aliphatic carbocycles. The van der Waals surface area contributed by atoms with E-state index >= 15 is 0 Å². The van der Waals surface area contributed by atoms with Crippen LogP contribution in [-0.2, 0) is 38.1 Å². The molecule has 0 bridgehead atoms. The summed E-state index contributed by atoms with van der Waals surface area (Å²) in [6.07, 6.45) is 42.1. The first-order chi connectivity index (χ1) is 29.4. The van der Waals surface area contributed by atoms with Gasteiger partial charge in [-0.25, -0.2) is 0 Å². The molecule has 0 saturated carbocycles. The monoisotopic (exact) mass is 851 g/mol. The Bertz CT molecular complexity index is 968. The molecule has 0 aromatic carbocycles. The zero-order chi connectivity index (χ0) is 44.0. The van der Waals surface area contributed by atoms with E-state index < -0.39 is 0 Å². The van der Waals surface area contributed by atoms with Crippen molar-refractivity contribution in [1.82, 2.24) is 0 Å². The summed E-state index contributed by atoms with van der Waals surface area (Å²) in [5.74, 6) is -0.203. The highest BCUT2D eigenvalue weighted by atomic mass is 16.5. The maximum atomic E-state index is 12.1. The Kier molecular flexibility index (Phi) is 44.7. The number of carbonyl (C=O) groups excluding carboxylic acids is 4. The summed E-state index contributed by atoms with van der Waals surface area (Å²) in [5.41, 5.74) is 0. The number of carbonyl (C=O) groups is 4. The second kappa shape index (κ2) is 46.4. The van der Waals surface area contributed by atoms with Gasteiger partial charge in [-0.3, -0.25) is 19.2 Å². The van der Waals surface area contributed by atoms with E-state index in [1.165, 1.54) is 89.9 Å². The van der Waals surface area contributed by atoms with Crippen LogP contribution >= 0.6 is 0 Å². The van der Waals surface area contributed by atoms with Crippen LogP contribution < -0.4 is 0 Å². The van der Waals surface area contributed by atoms with Crippen LogP contribution in [0.5, 0.6) is 0 Å². The number of hydrogen-bond acceptors (Lipinski definition) is 8. The van der Waals surface area contributed by atoms with E-state index in [1.807, 2.05) is 13.8 Å². The summed E-state index contributed by atoms with van der Waals surface area (Å²) in [6.45, 7) is 9.57. The Labute approximate surface area is 370 Å². The molecular formula is C52H98O8. The number of esters is 4. The third kappa shape index (κ3) is 42.6. The Balaban J connectivity index is 3.63. The fourth-order valence-electron chi connectivity index (χ4n) is 7.85. The second-order valence-corrected chi connectivity index (χ2v) is 17.7. The minimum atomic E-state index is -0.0613. The zero-order valence-electron chi connectivity index (χ0n) is 40.1. The van der Waals surface area contributed by atoms with Crippen LogP contribution in [0, 0.1) is 0 Å². The van der Waals surface area contributed by atoms with Gasteiger partial charge >= 0.3 is 23.9 Å². The van der Waals surface area contributed by atoms with Crippen LogP contribution in [-0.4, -0.2) is 49.3 Å². The molecule has 0 aromatic rings. The highest BCUT2D eigenvalue weighted by Crippen LogP contribution is 2.20. The van der Waals surface area contributed by atoms with Gasteiger partial charge in [0.15, 0.2) is 0 Å². The molecule has 0 amide bonds. The van der Waals surface area contributed by atoms with Gasteiger partial charge in [-0.15, -0.1) is 0 Å². The molecule has 354 valence electrons. The van der Waals surface area contributed by atoms with E-state index in [-0.39, 0.29) is 36.1 Å². The highest BCUT2D eigenvalue weighted by Gasteiger charge is 2.15. The molecule has 0 fully saturated rings. The number of hydrogen-bond donors (Lipinski definition) is 0. The Morgan fingerprint density at radius 1 is 0.283 bits per heavy atom. The lowest BCUT2D eigenvalue weighted by atomic mass is 10.0. The molecular weight excluding hydrogens is 753 g/mol. The van der Waals surface area contributed by atoms with Gasteiger partial charge in [-0.1, -0.05) is 169 Å². The molecule has 0 N–H and O–H groups in total. The number of unbranched alkanes of at least 4 members (excludes halogenated alkanes) is 25. The second-order valence-electron chi connectivity index (χ2n) is 17.7. The SMILES string of the molecule is CCCCCCCCC(CCCCCCCCC(=O)OCCCCCCCCCCOC(=O)CCCCCCCCC(CCCCCC)OC(=O)CCC)OC(=O)CCC. The fraction of sp³-hybridized carbons (Fsp3) is 0.923. The lowest BCUT2D eigenvalue weighted by Crippen LogP contribution is -2.18. The summed E-state index contributed by atoms with van der Waals surface area (Å²) >= 11 is 0. The molecule has 0 aliphatic heterocycles. The van der Waals surface area contributed by atoms with E-state index in [0.717, 1.165) is 141 Å². The van der Waals surface area contributed by atoms with Crippen LogP contribution in [0.15, 0.2) is 0 Å². The lowest BCUT2D eigenvalue weighted by Gasteiger charge is -2.18. The van der Waals surface area contributed by atoms with Crippen molar-refractivity contribution in [2.75, 3.05) is 13.2 Å². The van der Waals surface area contributed by atoms with Crippen molar-refractivity contribution in [2.45, 2.75) is 297 Å². The average Bonchev–Trinajstić information content (AvgIpc) is 3.22. The summed E-state index contributed by atoms with van der Waals surface area (Å²) < 4.78 is 22.5. The predicted molar refractivity (Wildman–Crippen MR) is 249 cm³/mol. The third-order valence-corrected chi connectivity index (χ3v) is 11.6. The smallest absolute Gasteiger partial charge is 0.306 e. The van der Waals surface area contributed by atoms with Crippen LogP contribution in [0.4, 0.5) is 0 Å². The fourth-order valence-corrected chi connectivity index (χ4v) is 7.85. The molecule has 0 aliphatic rings. The Morgan fingerprint density at radius 2 is 0.550 bits per heavy atom. The van der Waals surface area contributed by atoms with E-state index in [4.69, 9.17) is 18.9 Å². The average molecular weight is 851 g/mol. The number of ether oxygens (including phenoxy) is 4. The first-order valence-electron chi connectivity index (χ1n) is 26.1. The van der Waals surface area contributed by atoms with Crippen LogP contribution in [0.25, 0.3) is 0 Å². The minimum Gasteiger partial charge on any atom is -0.466 e. The Hall–Kier alpha value is -2.12. The van der Waals surface area contributed by atoms with E-state index in [0.29, 0.717) is 38.9 Å². The van der Waals surface area contributed by atoms with Crippen LogP contribution in [0.1, 0.15) is 285 Å². The molecule has 0 saturated heterocycles. The summed E-state index contributed by atoms with van der Waals surface area (Å²) in [4.78, 5) is 48.4. The van der Waals surface area contributed by atoms with Crippen molar-refractivity contribution in [3.8, 4) is 0 Å². The van der Waals surface area contributed by atoms with Gasteiger partial charge in [0, 0.05) is 25.7 Å². The molecule has 0 heterocycles. The van der Waals surface area contributed by atoms with Gasteiger partial charge < -0.3 is 18.9 Å². The molecule has 60 heavy (non-hydrogen) atoms. The van der Waals surface area contributed by atoms with Crippen molar-refractivity contribution < 1.29 is 38.1 Å². The van der Waals surface area contributed by atoms with E-state index in [1.54, 1.807) is 0 Å². The van der Waals surface area contributed by atoms with Crippen LogP contribution in [0.3, 0.4) is 0 Å². The summed E-state index contributed by atoms with van der Waals surface area (Å²) in [5, 5.41) is 0. The van der Waals surface area contributed by atoms with Gasteiger partial charge in [0.25, 0.3) is 0 Å². The largest absolute Gasteiger partial charge is 0.466 e. The van der Waals surface area contributed by atoms with E-state index in [9.17, 15) is 19.2 Å². The molecule has 0 aromatic heterocycles. The van der Waals surface area contributed by atoms with Crippen molar-refractivity contribution >= 4 is 23.9 Å². The van der Waals surface area contributed by atoms with Crippen molar-refractivity contribution in [3.63, 3.8) is 0 Å². The lowest BCUT2D eigenvalue weighted by molar-refractivity contribution is -0.150. The van der Waals surface area contributed by atoms with E-state index in [2.05, 4.69) is 13.8 Å². The van der Waals surface area contributed by atoms with Crippen LogP contribution in [0.2, 0.25) is 0 Å². The van der Waals surface area contributed by atoms with Crippen molar-refractivity contribution in [2.24, 2.45) is 0 Å². The standard InChI is InChI=1S/C52H98O8/c1-5-9-11-13-22-30-40-48(60-52(56)38-8-4)42-32-24-17-19-26-34-44-50(54)58-46-36-28-21-15-14-20-27-35-45-57-49(53)43-33-25-18-16-23-31-41-47(39-29-12-10-6-2)59-51(55)37-7-3/h47-48H,5-46H2,1-4H3. The van der Waals surface area contributed by atoms with Gasteiger partial charge in [-0.2, -0.15) is 0 Å². The third-order valence-electron chi connectivity index (χ3n) is 11.6. The highest BCUT2D eigenvalue weighted by molar-refractivity contribution is 5.70. The van der Waals surface area contributed by atoms with Crippen molar-refractivity contribution in [3.05, 3.63) is 0 Å².